The molecule has 0 aromatic heterocycles. The lowest BCUT2D eigenvalue weighted by Crippen LogP contribution is -2.11. The average molecular weight is 241 g/mol. The molecule has 1 fully saturated rings. The van der Waals surface area contributed by atoms with Gasteiger partial charge < -0.3 is 10.1 Å². The van der Waals surface area contributed by atoms with Crippen LogP contribution < -0.4 is 5.32 Å². The van der Waals surface area contributed by atoms with E-state index in [9.17, 15) is 8.78 Å². The van der Waals surface area contributed by atoms with Crippen molar-refractivity contribution >= 4 is 0 Å². The molecule has 0 spiro atoms. The Morgan fingerprint density at radius 1 is 1.35 bits per heavy atom. The van der Waals surface area contributed by atoms with Crippen molar-refractivity contribution < 1.29 is 13.5 Å². The standard InChI is InChI=1S/C13H17F2NO/c14-12-3-1-2-11(13(12)15)9-17-7-5-10-4-6-16-8-10/h1-3,10,16H,4-9H2. The molecule has 0 amide bonds. The molecule has 1 unspecified atom stereocenters. The minimum Gasteiger partial charge on any atom is -0.377 e. The van der Waals surface area contributed by atoms with E-state index < -0.39 is 11.6 Å². The molecule has 0 aliphatic carbocycles. The van der Waals surface area contributed by atoms with Gasteiger partial charge in [0.2, 0.25) is 0 Å². The van der Waals surface area contributed by atoms with E-state index >= 15 is 0 Å². The second-order valence-electron chi connectivity index (χ2n) is 4.41. The van der Waals surface area contributed by atoms with E-state index in [-0.39, 0.29) is 12.2 Å². The van der Waals surface area contributed by atoms with Crippen molar-refractivity contribution in [1.29, 1.82) is 0 Å². The number of hydrogen-bond donors (Lipinski definition) is 1. The second kappa shape index (κ2) is 6.07. The Hall–Kier alpha value is -1.00. The Labute approximate surface area is 100.0 Å². The predicted octanol–water partition coefficient (Wildman–Crippen LogP) is 2.48. The van der Waals surface area contributed by atoms with Crippen molar-refractivity contribution in [3.05, 3.63) is 35.4 Å². The number of ether oxygens (including phenoxy) is 1. The van der Waals surface area contributed by atoms with Gasteiger partial charge in [0.1, 0.15) is 0 Å². The van der Waals surface area contributed by atoms with Gasteiger partial charge in [-0.3, -0.25) is 0 Å². The summed E-state index contributed by atoms with van der Waals surface area (Å²) in [4.78, 5) is 0. The molecule has 1 aliphatic rings. The summed E-state index contributed by atoms with van der Waals surface area (Å²) in [6.45, 7) is 2.85. The van der Waals surface area contributed by atoms with Crippen molar-refractivity contribution in [2.24, 2.45) is 5.92 Å². The van der Waals surface area contributed by atoms with Crippen molar-refractivity contribution in [1.82, 2.24) is 5.32 Å². The van der Waals surface area contributed by atoms with Crippen LogP contribution in [0.5, 0.6) is 0 Å². The molecule has 17 heavy (non-hydrogen) atoms. The summed E-state index contributed by atoms with van der Waals surface area (Å²) in [6.07, 6.45) is 2.15. The fourth-order valence-electron chi connectivity index (χ4n) is 2.05. The number of hydrogen-bond acceptors (Lipinski definition) is 2. The van der Waals surface area contributed by atoms with Gasteiger partial charge in [0.05, 0.1) is 6.61 Å². The molecule has 1 aromatic carbocycles. The number of rotatable bonds is 5. The minimum absolute atomic E-state index is 0.143. The Balaban J connectivity index is 1.72. The third-order valence-electron chi connectivity index (χ3n) is 3.12. The summed E-state index contributed by atoms with van der Waals surface area (Å²) >= 11 is 0. The van der Waals surface area contributed by atoms with E-state index in [4.69, 9.17) is 4.74 Å². The lowest BCUT2D eigenvalue weighted by molar-refractivity contribution is 0.106. The first-order valence-electron chi connectivity index (χ1n) is 5.98. The molecule has 1 atom stereocenters. The fraction of sp³-hybridized carbons (Fsp3) is 0.538. The Bertz CT molecular complexity index is 364. The average Bonchev–Trinajstić information content (AvgIpc) is 2.83. The zero-order valence-corrected chi connectivity index (χ0v) is 9.72. The highest BCUT2D eigenvalue weighted by atomic mass is 19.2. The normalized spacial score (nSPS) is 19.8. The molecule has 1 N–H and O–H groups in total. The molecule has 1 aliphatic heterocycles. The van der Waals surface area contributed by atoms with Crippen LogP contribution in [-0.2, 0) is 11.3 Å². The van der Waals surface area contributed by atoms with Crippen LogP contribution in [0, 0.1) is 17.6 Å². The largest absolute Gasteiger partial charge is 0.377 e. The first-order chi connectivity index (χ1) is 8.27. The molecule has 0 saturated carbocycles. The fourth-order valence-corrected chi connectivity index (χ4v) is 2.05. The molecule has 4 heteroatoms. The quantitative estimate of drug-likeness (QED) is 0.800. The van der Waals surface area contributed by atoms with E-state index in [2.05, 4.69) is 5.32 Å². The minimum atomic E-state index is -0.814. The number of halogens is 2. The number of benzene rings is 1. The molecule has 1 aromatic rings. The van der Waals surface area contributed by atoms with E-state index in [0.717, 1.165) is 25.6 Å². The monoisotopic (exact) mass is 241 g/mol. The van der Waals surface area contributed by atoms with Gasteiger partial charge in [-0.2, -0.15) is 0 Å². The molecular formula is C13H17F2NO. The Morgan fingerprint density at radius 3 is 3.00 bits per heavy atom. The lowest BCUT2D eigenvalue weighted by Gasteiger charge is -2.09. The van der Waals surface area contributed by atoms with Crippen LogP contribution in [0.4, 0.5) is 8.78 Å². The summed E-state index contributed by atoms with van der Waals surface area (Å²) in [5, 5.41) is 3.28. The molecule has 94 valence electrons. The molecular weight excluding hydrogens is 224 g/mol. The van der Waals surface area contributed by atoms with Crippen LogP contribution in [0.15, 0.2) is 18.2 Å². The summed E-state index contributed by atoms with van der Waals surface area (Å²) in [6, 6.07) is 4.16. The number of nitrogens with one attached hydrogen (secondary N) is 1. The highest BCUT2D eigenvalue weighted by Crippen LogP contribution is 2.14. The Morgan fingerprint density at radius 2 is 2.24 bits per heavy atom. The van der Waals surface area contributed by atoms with Crippen molar-refractivity contribution in [2.75, 3.05) is 19.7 Å². The van der Waals surface area contributed by atoms with E-state index in [1.807, 2.05) is 0 Å². The predicted molar refractivity (Wildman–Crippen MR) is 61.6 cm³/mol. The van der Waals surface area contributed by atoms with Crippen LogP contribution in [-0.4, -0.2) is 19.7 Å². The first kappa shape index (κ1) is 12.5. The first-order valence-corrected chi connectivity index (χ1v) is 5.98. The second-order valence-corrected chi connectivity index (χ2v) is 4.41. The van der Waals surface area contributed by atoms with E-state index in [1.54, 1.807) is 6.07 Å². The maximum atomic E-state index is 13.3. The summed E-state index contributed by atoms with van der Waals surface area (Å²) in [7, 11) is 0. The highest BCUT2D eigenvalue weighted by Gasteiger charge is 2.14. The SMILES string of the molecule is Fc1cccc(COCCC2CCNC2)c1F. The van der Waals surface area contributed by atoms with E-state index in [1.165, 1.54) is 12.5 Å². The molecule has 1 heterocycles. The van der Waals surface area contributed by atoms with Gasteiger partial charge in [-0.05, 0) is 37.9 Å². The van der Waals surface area contributed by atoms with Crippen LogP contribution in [0.3, 0.4) is 0 Å². The van der Waals surface area contributed by atoms with Crippen molar-refractivity contribution in [3.8, 4) is 0 Å². The van der Waals surface area contributed by atoms with Gasteiger partial charge in [0.15, 0.2) is 11.6 Å². The summed E-state index contributed by atoms with van der Waals surface area (Å²) in [5.74, 6) is -0.950. The van der Waals surface area contributed by atoms with Crippen LogP contribution in [0.2, 0.25) is 0 Å². The van der Waals surface area contributed by atoms with Gasteiger partial charge >= 0.3 is 0 Å². The van der Waals surface area contributed by atoms with Gasteiger partial charge in [0, 0.05) is 12.2 Å². The molecule has 2 rings (SSSR count). The summed E-state index contributed by atoms with van der Waals surface area (Å²) in [5.41, 5.74) is 0.287. The van der Waals surface area contributed by atoms with E-state index in [0.29, 0.717) is 12.5 Å². The van der Waals surface area contributed by atoms with Gasteiger partial charge in [-0.25, -0.2) is 8.78 Å². The third kappa shape index (κ3) is 3.48. The molecule has 0 radical (unpaired) electrons. The van der Waals surface area contributed by atoms with Crippen molar-refractivity contribution in [3.63, 3.8) is 0 Å². The molecule has 2 nitrogen and oxygen atoms in total. The van der Waals surface area contributed by atoms with Crippen LogP contribution in [0.1, 0.15) is 18.4 Å². The molecule has 1 saturated heterocycles. The smallest absolute Gasteiger partial charge is 0.164 e. The highest BCUT2D eigenvalue weighted by molar-refractivity contribution is 5.17. The third-order valence-corrected chi connectivity index (χ3v) is 3.12. The van der Waals surface area contributed by atoms with Gasteiger partial charge in [-0.15, -0.1) is 0 Å². The van der Waals surface area contributed by atoms with Crippen LogP contribution in [0.25, 0.3) is 0 Å². The zero-order chi connectivity index (χ0) is 12.1. The maximum absolute atomic E-state index is 13.3. The Kier molecular flexibility index (Phi) is 4.45. The lowest BCUT2D eigenvalue weighted by atomic mass is 10.1. The topological polar surface area (TPSA) is 21.3 Å². The summed E-state index contributed by atoms with van der Waals surface area (Å²) < 4.78 is 31.5. The zero-order valence-electron chi connectivity index (χ0n) is 9.72. The van der Waals surface area contributed by atoms with Crippen molar-refractivity contribution in [2.45, 2.75) is 19.4 Å². The van der Waals surface area contributed by atoms with Crippen LogP contribution >= 0.6 is 0 Å². The maximum Gasteiger partial charge on any atom is 0.164 e. The molecule has 0 bridgehead atoms. The van der Waals surface area contributed by atoms with Gasteiger partial charge in [0.25, 0.3) is 0 Å². The van der Waals surface area contributed by atoms with Gasteiger partial charge in [-0.1, -0.05) is 12.1 Å².